The van der Waals surface area contributed by atoms with Crippen molar-refractivity contribution in [3.8, 4) is 5.75 Å². The highest BCUT2D eigenvalue weighted by molar-refractivity contribution is 8.00. The standard InChI is InChI=1S/C26H22Cl3N3O3S/c1-35-23-9-7-17(28)13-21(23)31-25(33)15-36-24-14-32(22-5-3-2-4-19(22)24)11-10-30-26(34)18-8-6-16(27)12-20(18)29/h2-9,12-14H,10-11,15H2,1H3,(H,30,34)(H,31,33). The van der Waals surface area contributed by atoms with Crippen LogP contribution in [-0.4, -0.2) is 35.8 Å². The van der Waals surface area contributed by atoms with Crippen molar-refractivity contribution >= 4 is 75.0 Å². The first-order valence-corrected chi connectivity index (χ1v) is 13.0. The molecule has 1 heterocycles. The number of carbonyl (C=O) groups is 2. The summed E-state index contributed by atoms with van der Waals surface area (Å²) >= 11 is 19.5. The lowest BCUT2D eigenvalue weighted by atomic mass is 10.2. The number of aromatic nitrogens is 1. The zero-order valence-corrected chi connectivity index (χ0v) is 22.3. The summed E-state index contributed by atoms with van der Waals surface area (Å²) in [5.41, 5.74) is 1.90. The van der Waals surface area contributed by atoms with Crippen LogP contribution in [0.5, 0.6) is 5.75 Å². The Morgan fingerprint density at radius 2 is 1.75 bits per heavy atom. The molecule has 6 nitrogen and oxygen atoms in total. The summed E-state index contributed by atoms with van der Waals surface area (Å²) in [6.45, 7) is 0.944. The minimum absolute atomic E-state index is 0.176. The molecule has 0 saturated heterocycles. The van der Waals surface area contributed by atoms with Gasteiger partial charge in [-0.15, -0.1) is 11.8 Å². The second kappa shape index (κ2) is 11.9. The SMILES string of the molecule is COc1ccc(Cl)cc1NC(=O)CSc1cn(CCNC(=O)c2ccc(Cl)cc2Cl)c2ccccc12. The van der Waals surface area contributed by atoms with Crippen molar-refractivity contribution in [2.45, 2.75) is 11.4 Å². The zero-order valence-electron chi connectivity index (χ0n) is 19.2. The van der Waals surface area contributed by atoms with Gasteiger partial charge in [-0.3, -0.25) is 9.59 Å². The van der Waals surface area contributed by atoms with Crippen molar-refractivity contribution in [1.29, 1.82) is 0 Å². The number of rotatable bonds is 9. The number of para-hydroxylation sites is 1. The number of halogens is 3. The molecule has 36 heavy (non-hydrogen) atoms. The molecule has 1 aromatic heterocycles. The third-order valence-electron chi connectivity index (χ3n) is 5.36. The molecule has 2 amide bonds. The largest absolute Gasteiger partial charge is 0.495 e. The summed E-state index contributed by atoms with van der Waals surface area (Å²) in [6, 6.07) is 17.8. The van der Waals surface area contributed by atoms with Crippen LogP contribution in [0.4, 0.5) is 5.69 Å². The van der Waals surface area contributed by atoms with Gasteiger partial charge in [-0.1, -0.05) is 53.0 Å². The number of thioether (sulfide) groups is 1. The van der Waals surface area contributed by atoms with E-state index >= 15 is 0 Å². The van der Waals surface area contributed by atoms with Crippen molar-refractivity contribution in [2.75, 3.05) is 24.7 Å². The second-order valence-electron chi connectivity index (χ2n) is 7.77. The minimum Gasteiger partial charge on any atom is -0.495 e. The number of amides is 2. The zero-order chi connectivity index (χ0) is 25.7. The fourth-order valence-corrected chi connectivity index (χ4v) is 5.23. The molecular weight excluding hydrogens is 541 g/mol. The molecule has 4 aromatic rings. The summed E-state index contributed by atoms with van der Waals surface area (Å²) in [5, 5.41) is 8.06. The number of benzene rings is 3. The number of anilines is 1. The maximum atomic E-state index is 12.6. The van der Waals surface area contributed by atoms with Gasteiger partial charge in [0.25, 0.3) is 5.91 Å². The normalized spacial score (nSPS) is 10.9. The van der Waals surface area contributed by atoms with E-state index < -0.39 is 0 Å². The number of hydrogen-bond donors (Lipinski definition) is 2. The predicted octanol–water partition coefficient (Wildman–Crippen LogP) is 6.77. The van der Waals surface area contributed by atoms with Gasteiger partial charge in [-0.2, -0.15) is 0 Å². The summed E-state index contributed by atoms with van der Waals surface area (Å²) < 4.78 is 7.35. The fraction of sp³-hybridized carbons (Fsp3) is 0.154. The molecule has 0 unspecified atom stereocenters. The maximum Gasteiger partial charge on any atom is 0.252 e. The lowest BCUT2D eigenvalue weighted by Crippen LogP contribution is -2.27. The molecule has 4 rings (SSSR count). The third-order valence-corrected chi connectivity index (χ3v) is 7.19. The van der Waals surface area contributed by atoms with Gasteiger partial charge in [0.2, 0.25) is 5.91 Å². The number of hydrogen-bond acceptors (Lipinski definition) is 4. The second-order valence-corrected chi connectivity index (χ2v) is 10.1. The number of ether oxygens (including phenoxy) is 1. The van der Waals surface area contributed by atoms with E-state index in [1.807, 2.05) is 30.5 Å². The molecule has 0 fully saturated rings. The van der Waals surface area contributed by atoms with Gasteiger partial charge in [0.1, 0.15) is 5.75 Å². The lowest BCUT2D eigenvalue weighted by molar-refractivity contribution is -0.113. The molecule has 0 saturated carbocycles. The van der Waals surface area contributed by atoms with Crippen molar-refractivity contribution in [2.24, 2.45) is 0 Å². The molecule has 186 valence electrons. The van der Waals surface area contributed by atoms with Gasteiger partial charge < -0.3 is 19.9 Å². The number of carbonyl (C=O) groups excluding carboxylic acids is 2. The van der Waals surface area contributed by atoms with E-state index in [4.69, 9.17) is 39.5 Å². The van der Waals surface area contributed by atoms with Gasteiger partial charge in [0.15, 0.2) is 0 Å². The summed E-state index contributed by atoms with van der Waals surface area (Å²) in [4.78, 5) is 26.1. The fourth-order valence-electron chi connectivity index (χ4n) is 3.68. The highest BCUT2D eigenvalue weighted by atomic mass is 35.5. The molecule has 0 bridgehead atoms. The van der Waals surface area contributed by atoms with Crippen LogP contribution in [-0.2, 0) is 11.3 Å². The van der Waals surface area contributed by atoms with Crippen LogP contribution in [0.1, 0.15) is 10.4 Å². The Balaban J connectivity index is 1.40. The molecule has 2 N–H and O–H groups in total. The van der Waals surface area contributed by atoms with Gasteiger partial charge in [0.05, 0.1) is 29.1 Å². The smallest absolute Gasteiger partial charge is 0.252 e. The Labute approximate surface area is 227 Å². The lowest BCUT2D eigenvalue weighted by Gasteiger charge is -2.10. The topological polar surface area (TPSA) is 72.4 Å². The molecule has 0 spiro atoms. The van der Waals surface area contributed by atoms with Crippen LogP contribution < -0.4 is 15.4 Å². The molecule has 3 aromatic carbocycles. The molecule has 0 aliphatic rings. The Morgan fingerprint density at radius 1 is 1.00 bits per heavy atom. The molecule has 0 aliphatic carbocycles. The first-order chi connectivity index (χ1) is 17.4. The van der Waals surface area contributed by atoms with Crippen LogP contribution in [0.15, 0.2) is 71.8 Å². The van der Waals surface area contributed by atoms with Crippen LogP contribution >= 0.6 is 46.6 Å². The molecule has 0 aliphatic heterocycles. The van der Waals surface area contributed by atoms with Crippen LogP contribution in [0.2, 0.25) is 15.1 Å². The van der Waals surface area contributed by atoms with Gasteiger partial charge >= 0.3 is 0 Å². The molecular formula is C26H22Cl3N3O3S. The monoisotopic (exact) mass is 561 g/mol. The van der Waals surface area contributed by atoms with Crippen molar-refractivity contribution < 1.29 is 14.3 Å². The first kappa shape index (κ1) is 26.2. The Bertz CT molecular complexity index is 1420. The average Bonchev–Trinajstić information content (AvgIpc) is 3.20. The summed E-state index contributed by atoms with van der Waals surface area (Å²) in [5.74, 6) is 0.298. The Kier molecular flexibility index (Phi) is 8.69. The molecule has 10 heteroatoms. The maximum absolute atomic E-state index is 12.6. The minimum atomic E-state index is -0.268. The van der Waals surface area contributed by atoms with Gasteiger partial charge in [-0.05, 0) is 42.5 Å². The molecule has 0 radical (unpaired) electrons. The van der Waals surface area contributed by atoms with E-state index in [-0.39, 0.29) is 17.6 Å². The summed E-state index contributed by atoms with van der Waals surface area (Å²) in [7, 11) is 1.54. The average molecular weight is 563 g/mol. The summed E-state index contributed by atoms with van der Waals surface area (Å²) in [6.07, 6.45) is 1.99. The van der Waals surface area contributed by atoms with E-state index in [1.54, 1.807) is 36.4 Å². The van der Waals surface area contributed by atoms with Gasteiger partial charge in [0, 0.05) is 45.1 Å². The predicted molar refractivity (Wildman–Crippen MR) is 148 cm³/mol. The van der Waals surface area contributed by atoms with E-state index in [1.165, 1.54) is 18.9 Å². The number of nitrogens with one attached hydrogen (secondary N) is 2. The highest BCUT2D eigenvalue weighted by Crippen LogP contribution is 2.31. The van der Waals surface area contributed by atoms with Gasteiger partial charge in [-0.25, -0.2) is 0 Å². The van der Waals surface area contributed by atoms with Crippen LogP contribution in [0.3, 0.4) is 0 Å². The van der Waals surface area contributed by atoms with Crippen molar-refractivity contribution in [3.63, 3.8) is 0 Å². The van der Waals surface area contributed by atoms with Crippen LogP contribution in [0, 0.1) is 0 Å². The number of nitrogens with zero attached hydrogens (tertiary/aromatic N) is 1. The Hall–Kier alpha value is -2.84. The van der Waals surface area contributed by atoms with Crippen molar-refractivity contribution in [3.05, 3.63) is 87.5 Å². The number of fused-ring (bicyclic) bond motifs is 1. The molecule has 0 atom stereocenters. The number of methoxy groups -OCH3 is 1. The Morgan fingerprint density at radius 3 is 2.53 bits per heavy atom. The van der Waals surface area contributed by atoms with Crippen LogP contribution in [0.25, 0.3) is 10.9 Å². The van der Waals surface area contributed by atoms with E-state index in [0.29, 0.717) is 45.2 Å². The van der Waals surface area contributed by atoms with E-state index in [2.05, 4.69) is 15.2 Å². The van der Waals surface area contributed by atoms with E-state index in [9.17, 15) is 9.59 Å². The third kappa shape index (κ3) is 6.28. The first-order valence-electron chi connectivity index (χ1n) is 10.9. The van der Waals surface area contributed by atoms with Crippen molar-refractivity contribution in [1.82, 2.24) is 9.88 Å². The van der Waals surface area contributed by atoms with E-state index in [0.717, 1.165) is 15.8 Å². The highest BCUT2D eigenvalue weighted by Gasteiger charge is 2.14. The quantitative estimate of drug-likeness (QED) is 0.221.